The van der Waals surface area contributed by atoms with Crippen LogP contribution in [0.5, 0.6) is 5.88 Å². The molecule has 0 unspecified atom stereocenters. The highest BCUT2D eigenvalue weighted by Gasteiger charge is 2.14. The maximum atomic E-state index is 13.2. The lowest BCUT2D eigenvalue weighted by atomic mass is 10.2. The van der Waals surface area contributed by atoms with Crippen molar-refractivity contribution in [3.05, 3.63) is 45.3 Å². The fourth-order valence-electron chi connectivity index (χ4n) is 1.40. The van der Waals surface area contributed by atoms with E-state index in [-0.39, 0.29) is 22.5 Å². The van der Waals surface area contributed by atoms with Gasteiger partial charge in [0.1, 0.15) is 11.0 Å². The van der Waals surface area contributed by atoms with E-state index in [0.717, 1.165) is 6.07 Å². The highest BCUT2D eigenvalue weighted by atomic mass is 79.9. The van der Waals surface area contributed by atoms with Crippen LogP contribution in [0.1, 0.15) is 10.4 Å². The maximum absolute atomic E-state index is 13.2. The molecule has 0 aliphatic rings. The summed E-state index contributed by atoms with van der Waals surface area (Å²) in [5, 5.41) is 2.54. The molecule has 1 amide bonds. The molecule has 0 atom stereocenters. The smallest absolute Gasteiger partial charge is 0.259 e. The maximum Gasteiger partial charge on any atom is 0.259 e. The molecule has 0 saturated heterocycles. The molecule has 0 aliphatic heterocycles. The van der Waals surface area contributed by atoms with Gasteiger partial charge in [0.15, 0.2) is 0 Å². The van der Waals surface area contributed by atoms with E-state index < -0.39 is 11.7 Å². The van der Waals surface area contributed by atoms with Crippen LogP contribution >= 0.6 is 27.5 Å². The first-order valence-electron chi connectivity index (χ1n) is 5.34. The molecule has 5 nitrogen and oxygen atoms in total. The lowest BCUT2D eigenvalue weighted by Gasteiger charge is -2.07. The Bertz CT molecular complexity index is 669. The summed E-state index contributed by atoms with van der Waals surface area (Å²) in [6.07, 6.45) is 0. The standard InChI is InChI=1S/C12H8BrClFN3O2/c1-20-10-5-9(14)16-12(17-10)18-11(19)7-4-6(15)2-3-8(7)13/h2-5H,1H3,(H,16,17,18,19). The number of halogens is 3. The summed E-state index contributed by atoms with van der Waals surface area (Å²) < 4.78 is 18.5. The van der Waals surface area contributed by atoms with Crippen molar-refractivity contribution in [1.82, 2.24) is 9.97 Å². The third kappa shape index (κ3) is 3.43. The summed E-state index contributed by atoms with van der Waals surface area (Å²) in [4.78, 5) is 19.8. The van der Waals surface area contributed by atoms with Crippen LogP contribution in [0.4, 0.5) is 10.3 Å². The van der Waals surface area contributed by atoms with E-state index in [2.05, 4.69) is 31.2 Å². The Kier molecular flexibility index (Phi) is 4.51. The molecule has 0 radical (unpaired) electrons. The largest absolute Gasteiger partial charge is 0.481 e. The third-order valence-corrected chi connectivity index (χ3v) is 3.16. The van der Waals surface area contributed by atoms with Gasteiger partial charge in [-0.05, 0) is 34.1 Å². The van der Waals surface area contributed by atoms with Crippen molar-refractivity contribution in [3.8, 4) is 5.88 Å². The van der Waals surface area contributed by atoms with Crippen molar-refractivity contribution < 1.29 is 13.9 Å². The topological polar surface area (TPSA) is 64.1 Å². The number of rotatable bonds is 3. The van der Waals surface area contributed by atoms with Gasteiger partial charge in [0.25, 0.3) is 5.91 Å². The van der Waals surface area contributed by atoms with Crippen LogP contribution < -0.4 is 10.1 Å². The van der Waals surface area contributed by atoms with Gasteiger partial charge in [-0.3, -0.25) is 10.1 Å². The zero-order valence-electron chi connectivity index (χ0n) is 10.2. The number of hydrogen-bond donors (Lipinski definition) is 1. The average Bonchev–Trinajstić information content (AvgIpc) is 2.40. The molecule has 8 heteroatoms. The molecule has 0 aliphatic carbocycles. The van der Waals surface area contributed by atoms with E-state index in [1.54, 1.807) is 0 Å². The van der Waals surface area contributed by atoms with Gasteiger partial charge in [-0.25, -0.2) is 9.37 Å². The van der Waals surface area contributed by atoms with Gasteiger partial charge < -0.3 is 4.74 Å². The molecule has 1 aromatic heterocycles. The highest BCUT2D eigenvalue weighted by Crippen LogP contribution is 2.20. The highest BCUT2D eigenvalue weighted by molar-refractivity contribution is 9.10. The third-order valence-electron chi connectivity index (χ3n) is 2.28. The minimum Gasteiger partial charge on any atom is -0.481 e. The number of ether oxygens (including phenoxy) is 1. The SMILES string of the molecule is COc1cc(Cl)nc(NC(=O)c2cc(F)ccc2Br)n1. The van der Waals surface area contributed by atoms with Gasteiger partial charge in [-0.1, -0.05) is 11.6 Å². The number of carbonyl (C=O) groups is 1. The summed E-state index contributed by atoms with van der Waals surface area (Å²) in [5.74, 6) is -0.919. The molecular formula is C12H8BrClFN3O2. The Hall–Kier alpha value is -1.73. The molecule has 1 aromatic carbocycles. The van der Waals surface area contributed by atoms with E-state index in [0.29, 0.717) is 4.47 Å². The number of hydrogen-bond acceptors (Lipinski definition) is 4. The Morgan fingerprint density at radius 3 is 2.85 bits per heavy atom. The average molecular weight is 361 g/mol. The van der Waals surface area contributed by atoms with Gasteiger partial charge >= 0.3 is 0 Å². The molecule has 20 heavy (non-hydrogen) atoms. The van der Waals surface area contributed by atoms with Crippen molar-refractivity contribution in [2.24, 2.45) is 0 Å². The summed E-state index contributed by atoms with van der Waals surface area (Å²) in [6, 6.07) is 5.17. The van der Waals surface area contributed by atoms with Crippen LogP contribution in [0.3, 0.4) is 0 Å². The van der Waals surface area contributed by atoms with Gasteiger partial charge in [0.05, 0.1) is 12.7 Å². The zero-order valence-corrected chi connectivity index (χ0v) is 12.5. The quantitative estimate of drug-likeness (QED) is 0.853. The van der Waals surface area contributed by atoms with Gasteiger partial charge in [0, 0.05) is 10.5 Å². The van der Waals surface area contributed by atoms with E-state index in [4.69, 9.17) is 16.3 Å². The fraction of sp³-hybridized carbons (Fsp3) is 0.0833. The molecule has 1 N–H and O–H groups in total. The van der Waals surface area contributed by atoms with Crippen LogP contribution in [0.2, 0.25) is 5.15 Å². The second-order valence-electron chi connectivity index (χ2n) is 3.63. The summed E-state index contributed by atoms with van der Waals surface area (Å²) in [5.41, 5.74) is 0.118. The molecular weight excluding hydrogens is 353 g/mol. The van der Waals surface area contributed by atoms with Crippen molar-refractivity contribution in [2.75, 3.05) is 12.4 Å². The Morgan fingerprint density at radius 2 is 2.15 bits per heavy atom. The number of nitrogens with zero attached hydrogens (tertiary/aromatic N) is 2. The van der Waals surface area contributed by atoms with Crippen molar-refractivity contribution in [1.29, 1.82) is 0 Å². The predicted molar refractivity (Wildman–Crippen MR) is 75.6 cm³/mol. The summed E-state index contributed by atoms with van der Waals surface area (Å²) >= 11 is 8.93. The summed E-state index contributed by atoms with van der Waals surface area (Å²) in [7, 11) is 1.41. The minimum atomic E-state index is -0.569. The Labute approximate surface area is 127 Å². The molecule has 0 bridgehead atoms. The lowest BCUT2D eigenvalue weighted by molar-refractivity contribution is 0.102. The number of carbonyl (C=O) groups excluding carboxylic acids is 1. The molecule has 0 spiro atoms. The predicted octanol–water partition coefficient (Wildman–Crippen LogP) is 3.29. The first-order valence-corrected chi connectivity index (χ1v) is 6.51. The van der Waals surface area contributed by atoms with E-state index >= 15 is 0 Å². The lowest BCUT2D eigenvalue weighted by Crippen LogP contribution is -2.15. The monoisotopic (exact) mass is 359 g/mol. The second kappa shape index (κ2) is 6.15. The summed E-state index contributed by atoms with van der Waals surface area (Å²) in [6.45, 7) is 0. The van der Waals surface area contributed by atoms with E-state index in [9.17, 15) is 9.18 Å². The minimum absolute atomic E-state index is 0.0319. The Morgan fingerprint density at radius 1 is 1.40 bits per heavy atom. The Balaban J connectivity index is 2.27. The first-order chi connectivity index (χ1) is 9.49. The van der Waals surface area contributed by atoms with E-state index in [1.807, 2.05) is 0 Å². The van der Waals surface area contributed by atoms with Crippen molar-refractivity contribution in [2.45, 2.75) is 0 Å². The number of anilines is 1. The molecule has 104 valence electrons. The number of benzene rings is 1. The first kappa shape index (κ1) is 14.7. The van der Waals surface area contributed by atoms with Gasteiger partial charge in [0.2, 0.25) is 11.8 Å². The number of nitrogens with one attached hydrogen (secondary N) is 1. The van der Waals surface area contributed by atoms with Gasteiger partial charge in [-0.2, -0.15) is 4.98 Å². The van der Waals surface area contributed by atoms with Crippen LogP contribution in [0, 0.1) is 5.82 Å². The molecule has 0 saturated carbocycles. The second-order valence-corrected chi connectivity index (χ2v) is 4.88. The molecule has 2 rings (SSSR count). The van der Waals surface area contributed by atoms with Crippen LogP contribution in [-0.4, -0.2) is 23.0 Å². The van der Waals surface area contributed by atoms with Crippen LogP contribution in [0.15, 0.2) is 28.7 Å². The van der Waals surface area contributed by atoms with Crippen LogP contribution in [-0.2, 0) is 0 Å². The normalized spacial score (nSPS) is 10.2. The van der Waals surface area contributed by atoms with Gasteiger partial charge in [-0.15, -0.1) is 0 Å². The fourth-order valence-corrected chi connectivity index (χ4v) is 2.00. The number of methoxy groups -OCH3 is 1. The van der Waals surface area contributed by atoms with Crippen molar-refractivity contribution >= 4 is 39.4 Å². The zero-order chi connectivity index (χ0) is 14.7. The molecule has 2 aromatic rings. The molecule has 0 fully saturated rings. The van der Waals surface area contributed by atoms with E-state index in [1.165, 1.54) is 25.3 Å². The molecule has 1 heterocycles. The number of aromatic nitrogens is 2. The number of amides is 1. The van der Waals surface area contributed by atoms with Crippen LogP contribution in [0.25, 0.3) is 0 Å². The van der Waals surface area contributed by atoms with Crippen molar-refractivity contribution in [3.63, 3.8) is 0 Å².